The van der Waals surface area contributed by atoms with E-state index in [2.05, 4.69) is 0 Å². The highest BCUT2D eigenvalue weighted by Gasteiger charge is 1.85. The topological polar surface area (TPSA) is 20.2 Å². The molecule has 1 nitrogen and oxygen atoms in total. The maximum Gasteiger partial charge on any atom is 0.0781 e. The van der Waals surface area contributed by atoms with Crippen molar-refractivity contribution in [3.63, 3.8) is 0 Å². The maximum absolute atomic E-state index is 8.17. The van der Waals surface area contributed by atoms with Crippen LogP contribution >= 0.6 is 11.6 Å². The van der Waals surface area contributed by atoms with E-state index in [0.29, 0.717) is 0 Å². The molecule has 0 aliphatic heterocycles. The normalized spacial score (nSPS) is 15.0. The lowest BCUT2D eigenvalue weighted by atomic mass is 10.5. The molecule has 1 atom stereocenters. The van der Waals surface area contributed by atoms with E-state index in [9.17, 15) is 0 Å². The van der Waals surface area contributed by atoms with Crippen molar-refractivity contribution in [2.45, 2.75) is 13.0 Å². The highest BCUT2D eigenvalue weighted by molar-refractivity contribution is 6.23. The molecule has 0 aliphatic rings. The van der Waals surface area contributed by atoms with Gasteiger partial charge in [0.05, 0.1) is 12.0 Å². The first-order valence-corrected chi connectivity index (χ1v) is 1.82. The Morgan fingerprint density at radius 1 is 2.00 bits per heavy atom. The number of rotatable bonds is 1. The summed E-state index contributed by atoms with van der Waals surface area (Å²) < 4.78 is 0. The van der Waals surface area contributed by atoms with E-state index in [-0.39, 0.29) is 0 Å². The van der Waals surface area contributed by atoms with Crippen LogP contribution in [0.3, 0.4) is 0 Å². The fourth-order valence-corrected chi connectivity index (χ4v) is 0. The van der Waals surface area contributed by atoms with Crippen molar-refractivity contribution >= 4 is 11.6 Å². The molecule has 0 aromatic rings. The van der Waals surface area contributed by atoms with Crippen LogP contribution in [0.4, 0.5) is 0 Å². The minimum Gasteiger partial charge on any atom is -0.392 e. The smallest absolute Gasteiger partial charge is 0.0781 e. The molecule has 0 saturated carbocycles. The molecule has 0 heterocycles. The van der Waals surface area contributed by atoms with Crippen LogP contribution in [-0.2, 0) is 0 Å². The maximum atomic E-state index is 8.17. The zero-order valence-electron chi connectivity index (χ0n) is 2.98. The first-order chi connectivity index (χ1) is 2.27. The molecular formula is C3H6ClO. The monoisotopic (exact) mass is 93.0 g/mol. The molecule has 0 aliphatic carbocycles. The number of halogens is 1. The highest BCUT2D eigenvalue weighted by atomic mass is 35.5. The molecule has 0 aromatic heterocycles. The van der Waals surface area contributed by atoms with Gasteiger partial charge in [0.2, 0.25) is 0 Å². The van der Waals surface area contributed by atoms with E-state index < -0.39 is 6.10 Å². The summed E-state index contributed by atoms with van der Waals surface area (Å²) in [5.41, 5.74) is 0. The molecule has 31 valence electrons. The molecule has 0 rings (SSSR count). The van der Waals surface area contributed by atoms with Gasteiger partial charge < -0.3 is 5.11 Å². The lowest BCUT2D eigenvalue weighted by Gasteiger charge is -1.87. The lowest BCUT2D eigenvalue weighted by molar-refractivity contribution is 0.236. The second kappa shape index (κ2) is 2.49. The van der Waals surface area contributed by atoms with E-state index in [4.69, 9.17) is 16.7 Å². The Labute approximate surface area is 36.6 Å². The number of hydrogen-bond donors (Lipinski definition) is 1. The molecule has 0 amide bonds. The largest absolute Gasteiger partial charge is 0.392 e. The Morgan fingerprint density at radius 2 is 2.20 bits per heavy atom. The molecular weight excluding hydrogens is 87.5 g/mol. The van der Waals surface area contributed by atoms with E-state index >= 15 is 0 Å². The fourth-order valence-electron chi connectivity index (χ4n) is 0. The van der Waals surface area contributed by atoms with Gasteiger partial charge in [-0.05, 0) is 6.92 Å². The summed E-state index contributed by atoms with van der Waals surface area (Å²) in [6.07, 6.45) is -0.475. The van der Waals surface area contributed by atoms with Gasteiger partial charge in [-0.15, -0.1) is 11.6 Å². The van der Waals surface area contributed by atoms with Crippen molar-refractivity contribution in [2.24, 2.45) is 0 Å². The summed E-state index contributed by atoms with van der Waals surface area (Å²) in [5, 5.41) is 8.17. The molecule has 0 saturated heterocycles. The second-order valence-electron chi connectivity index (χ2n) is 0.867. The van der Waals surface area contributed by atoms with Crippen LogP contribution in [0.1, 0.15) is 6.92 Å². The van der Waals surface area contributed by atoms with E-state index in [1.54, 1.807) is 6.92 Å². The van der Waals surface area contributed by atoms with Crippen LogP contribution in [0.15, 0.2) is 0 Å². The zero-order chi connectivity index (χ0) is 4.28. The number of aliphatic hydroxyl groups excluding tert-OH is 1. The SMILES string of the molecule is CC(O)[CH]Cl. The molecule has 0 bridgehead atoms. The average Bonchev–Trinajstić information content (AvgIpc) is 1.38. The van der Waals surface area contributed by atoms with Gasteiger partial charge >= 0.3 is 0 Å². The molecule has 0 aromatic carbocycles. The van der Waals surface area contributed by atoms with Crippen molar-refractivity contribution in [3.8, 4) is 0 Å². The van der Waals surface area contributed by atoms with E-state index in [1.165, 1.54) is 5.88 Å². The molecule has 1 unspecified atom stereocenters. The highest BCUT2D eigenvalue weighted by Crippen LogP contribution is 1.88. The van der Waals surface area contributed by atoms with Crippen LogP contribution in [-0.4, -0.2) is 11.2 Å². The van der Waals surface area contributed by atoms with Crippen LogP contribution in [0.5, 0.6) is 0 Å². The van der Waals surface area contributed by atoms with Gasteiger partial charge in [0, 0.05) is 0 Å². The van der Waals surface area contributed by atoms with Gasteiger partial charge in [-0.2, -0.15) is 0 Å². The van der Waals surface area contributed by atoms with Crippen LogP contribution in [0.2, 0.25) is 0 Å². The molecule has 2 heteroatoms. The Morgan fingerprint density at radius 3 is 2.20 bits per heavy atom. The van der Waals surface area contributed by atoms with Gasteiger partial charge in [-0.3, -0.25) is 0 Å². The van der Waals surface area contributed by atoms with Gasteiger partial charge in [0.1, 0.15) is 0 Å². The third-order valence-electron chi connectivity index (χ3n) is 0.182. The van der Waals surface area contributed by atoms with Crippen molar-refractivity contribution in [1.29, 1.82) is 0 Å². The number of aliphatic hydroxyl groups is 1. The van der Waals surface area contributed by atoms with Gasteiger partial charge in [0.15, 0.2) is 0 Å². The summed E-state index contributed by atoms with van der Waals surface area (Å²) in [6.45, 7) is 1.59. The summed E-state index contributed by atoms with van der Waals surface area (Å²) in [7, 11) is 0. The Bertz CT molecular complexity index is 20.9. The van der Waals surface area contributed by atoms with Crippen molar-refractivity contribution in [3.05, 3.63) is 5.88 Å². The van der Waals surface area contributed by atoms with E-state index in [1.807, 2.05) is 0 Å². The third-order valence-corrected chi connectivity index (χ3v) is 0.547. The predicted octanol–water partition coefficient (Wildman–Crippen LogP) is 0.768. The third kappa shape index (κ3) is 4.25. The van der Waals surface area contributed by atoms with Crippen LogP contribution in [0.25, 0.3) is 0 Å². The zero-order valence-corrected chi connectivity index (χ0v) is 3.74. The summed E-state index contributed by atoms with van der Waals surface area (Å²) in [6, 6.07) is 0. The minimum absolute atomic E-state index is 0.475. The summed E-state index contributed by atoms with van der Waals surface area (Å²) in [4.78, 5) is 0. The minimum atomic E-state index is -0.475. The predicted molar refractivity (Wildman–Crippen MR) is 21.8 cm³/mol. The summed E-state index contributed by atoms with van der Waals surface area (Å²) >= 11 is 4.96. The molecule has 0 fully saturated rings. The summed E-state index contributed by atoms with van der Waals surface area (Å²) in [5.74, 6) is 1.19. The first kappa shape index (κ1) is 5.25. The van der Waals surface area contributed by atoms with Gasteiger partial charge in [0.25, 0.3) is 0 Å². The van der Waals surface area contributed by atoms with Gasteiger partial charge in [-0.25, -0.2) is 0 Å². The average molecular weight is 93.5 g/mol. The first-order valence-electron chi connectivity index (χ1n) is 1.39. The Balaban J connectivity index is 2.54. The van der Waals surface area contributed by atoms with Crippen molar-refractivity contribution in [2.75, 3.05) is 0 Å². The Hall–Kier alpha value is 0.250. The fraction of sp³-hybridized carbons (Fsp3) is 0.667. The number of hydrogen-bond acceptors (Lipinski definition) is 1. The molecule has 1 N–H and O–H groups in total. The van der Waals surface area contributed by atoms with Crippen molar-refractivity contribution in [1.82, 2.24) is 0 Å². The standard InChI is InChI=1S/C3H6ClO/c1-3(5)2-4/h2-3,5H,1H3. The molecule has 5 heavy (non-hydrogen) atoms. The van der Waals surface area contributed by atoms with Crippen LogP contribution < -0.4 is 0 Å². The second-order valence-corrected chi connectivity index (χ2v) is 1.12. The quantitative estimate of drug-likeness (QED) is 0.508. The van der Waals surface area contributed by atoms with Crippen molar-refractivity contribution < 1.29 is 5.11 Å². The molecule has 1 radical (unpaired) electrons. The Kier molecular flexibility index (Phi) is 2.61. The van der Waals surface area contributed by atoms with Gasteiger partial charge in [-0.1, -0.05) is 0 Å². The molecule has 0 spiro atoms. The van der Waals surface area contributed by atoms with E-state index in [0.717, 1.165) is 0 Å². The lowest BCUT2D eigenvalue weighted by Crippen LogP contribution is -1.92. The van der Waals surface area contributed by atoms with Crippen LogP contribution in [0, 0.1) is 5.88 Å².